The van der Waals surface area contributed by atoms with Gasteiger partial charge in [-0.2, -0.15) is 8.42 Å². The maximum Gasteiger partial charge on any atom is 0.267 e. The lowest BCUT2D eigenvalue weighted by Crippen LogP contribution is -2.48. The van der Waals surface area contributed by atoms with Gasteiger partial charge in [-0.1, -0.05) is 121 Å². The van der Waals surface area contributed by atoms with Gasteiger partial charge in [-0.3, -0.25) is 0 Å². The molecule has 4 rings (SSSR count). The Balaban J connectivity index is 1.82. The first-order chi connectivity index (χ1) is 17.3. The van der Waals surface area contributed by atoms with E-state index >= 15 is 0 Å². The Kier molecular flexibility index (Phi) is 8.01. The summed E-state index contributed by atoms with van der Waals surface area (Å²) in [7, 11) is -3.90. The highest BCUT2D eigenvalue weighted by molar-refractivity contribution is 7.86. The molecule has 0 radical (unpaired) electrons. The van der Waals surface area contributed by atoms with Crippen molar-refractivity contribution in [3.63, 3.8) is 0 Å². The summed E-state index contributed by atoms with van der Waals surface area (Å²) in [6.45, 7) is 1.76. The second-order valence-electron chi connectivity index (χ2n) is 8.78. The van der Waals surface area contributed by atoms with Crippen molar-refractivity contribution in [3.8, 4) is 0 Å². The van der Waals surface area contributed by atoms with Gasteiger partial charge in [0.25, 0.3) is 10.1 Å². The van der Waals surface area contributed by atoms with Gasteiger partial charge in [-0.15, -0.1) is 0 Å². The molecule has 0 aliphatic rings. The molecule has 0 aliphatic carbocycles. The summed E-state index contributed by atoms with van der Waals surface area (Å²) in [6.07, 6.45) is 1.01. The number of benzene rings is 4. The van der Waals surface area contributed by atoms with Crippen LogP contribution in [0.3, 0.4) is 0 Å². The molecule has 0 amide bonds. The molecule has 0 saturated carbocycles. The second-order valence-corrected chi connectivity index (χ2v) is 10.4. The van der Waals surface area contributed by atoms with Crippen molar-refractivity contribution < 1.29 is 22.1 Å². The number of hydrogen-bond donors (Lipinski definition) is 0. The van der Waals surface area contributed by atoms with Crippen molar-refractivity contribution in [1.82, 2.24) is 0 Å². The Labute approximate surface area is 213 Å². The molecule has 186 valence electrons. The van der Waals surface area contributed by atoms with Crippen molar-refractivity contribution in [2.45, 2.75) is 24.9 Å². The van der Waals surface area contributed by atoms with E-state index in [2.05, 4.69) is 0 Å². The van der Waals surface area contributed by atoms with Crippen LogP contribution in [0.4, 0.5) is 0 Å². The first kappa shape index (κ1) is 25.8. The topological polar surface area (TPSA) is 61.8 Å². The SMILES string of the molecule is CC(COCc1ccccc1)(OC(c1ccccc1)(c1ccccc1)c1ccccc1)OS(C)(=O)=O. The molecule has 0 heterocycles. The molecule has 1 atom stereocenters. The fourth-order valence-electron chi connectivity index (χ4n) is 4.34. The Morgan fingerprint density at radius 1 is 0.639 bits per heavy atom. The lowest BCUT2D eigenvalue weighted by atomic mass is 9.80. The minimum atomic E-state index is -3.90. The van der Waals surface area contributed by atoms with Gasteiger partial charge in [-0.05, 0) is 29.2 Å². The van der Waals surface area contributed by atoms with Gasteiger partial charge in [0.15, 0.2) is 0 Å². The van der Waals surface area contributed by atoms with Gasteiger partial charge in [-0.25, -0.2) is 4.18 Å². The Bertz CT molecular complexity index is 1230. The van der Waals surface area contributed by atoms with Crippen molar-refractivity contribution >= 4 is 10.1 Å². The summed E-state index contributed by atoms with van der Waals surface area (Å²) in [5, 5.41) is 0. The summed E-state index contributed by atoms with van der Waals surface area (Å²) < 4.78 is 43.3. The first-order valence-electron chi connectivity index (χ1n) is 11.7. The number of rotatable bonds is 11. The summed E-state index contributed by atoms with van der Waals surface area (Å²) in [6, 6.07) is 38.8. The van der Waals surface area contributed by atoms with Gasteiger partial charge in [0.05, 0.1) is 12.9 Å². The fourth-order valence-corrected chi connectivity index (χ4v) is 5.06. The highest BCUT2D eigenvalue weighted by Crippen LogP contribution is 2.44. The molecule has 36 heavy (non-hydrogen) atoms. The van der Waals surface area contributed by atoms with E-state index in [9.17, 15) is 8.42 Å². The Morgan fingerprint density at radius 2 is 1.03 bits per heavy atom. The zero-order valence-electron chi connectivity index (χ0n) is 20.4. The van der Waals surface area contributed by atoms with Crippen molar-refractivity contribution in [2.24, 2.45) is 0 Å². The lowest BCUT2D eigenvalue weighted by molar-refractivity contribution is -0.243. The summed E-state index contributed by atoms with van der Waals surface area (Å²) in [5.74, 6) is -1.65. The second kappa shape index (κ2) is 11.2. The normalized spacial score (nSPS) is 13.7. The van der Waals surface area contributed by atoms with E-state index in [0.29, 0.717) is 0 Å². The average molecular weight is 503 g/mol. The number of hydrogen-bond acceptors (Lipinski definition) is 5. The van der Waals surface area contributed by atoms with Crippen LogP contribution in [0.2, 0.25) is 0 Å². The van der Waals surface area contributed by atoms with Gasteiger partial charge in [0.2, 0.25) is 5.79 Å². The third-order valence-corrected chi connectivity index (χ3v) is 6.37. The maximum atomic E-state index is 12.4. The summed E-state index contributed by atoms with van der Waals surface area (Å²) in [5.41, 5.74) is 2.26. The molecule has 0 N–H and O–H groups in total. The monoisotopic (exact) mass is 502 g/mol. The predicted molar refractivity (Wildman–Crippen MR) is 141 cm³/mol. The van der Waals surface area contributed by atoms with Crippen LogP contribution in [-0.4, -0.2) is 27.1 Å². The van der Waals surface area contributed by atoms with E-state index in [1.54, 1.807) is 6.92 Å². The molecule has 0 saturated heterocycles. The van der Waals surface area contributed by atoms with E-state index in [1.165, 1.54) is 0 Å². The molecular formula is C30H30O5S. The van der Waals surface area contributed by atoms with Gasteiger partial charge in [0.1, 0.15) is 12.2 Å². The Hall–Kier alpha value is -3.29. The van der Waals surface area contributed by atoms with Crippen LogP contribution in [0, 0.1) is 0 Å². The van der Waals surface area contributed by atoms with Crippen molar-refractivity contribution in [2.75, 3.05) is 12.9 Å². The predicted octanol–water partition coefficient (Wildman–Crippen LogP) is 5.90. The standard InChI is InChI=1S/C30H30O5S/c1-29(35-36(2,31)32,24-33-23-25-15-7-3-8-16-25)34-30(26-17-9-4-10-18-26,27-19-11-5-12-20-27)28-21-13-6-14-22-28/h3-22H,23-24H2,1-2H3. The van der Waals surface area contributed by atoms with Crippen LogP contribution < -0.4 is 0 Å². The molecule has 0 bridgehead atoms. The minimum absolute atomic E-state index is 0.122. The highest BCUT2D eigenvalue weighted by Gasteiger charge is 2.46. The largest absolute Gasteiger partial charge is 0.371 e. The molecule has 6 heteroatoms. The van der Waals surface area contributed by atoms with E-state index in [-0.39, 0.29) is 13.2 Å². The van der Waals surface area contributed by atoms with Crippen molar-refractivity contribution in [1.29, 1.82) is 0 Å². The third kappa shape index (κ3) is 6.28. The zero-order valence-corrected chi connectivity index (χ0v) is 21.2. The van der Waals surface area contributed by atoms with Crippen LogP contribution in [0.1, 0.15) is 29.2 Å². The molecule has 5 nitrogen and oxygen atoms in total. The van der Waals surface area contributed by atoms with Crippen LogP contribution >= 0.6 is 0 Å². The smallest absolute Gasteiger partial charge is 0.267 e. The Morgan fingerprint density at radius 3 is 1.42 bits per heavy atom. The molecule has 1 unspecified atom stereocenters. The van der Waals surface area contributed by atoms with Gasteiger partial charge < -0.3 is 9.47 Å². The van der Waals surface area contributed by atoms with Gasteiger partial charge in [0, 0.05) is 0 Å². The molecular weight excluding hydrogens is 472 g/mol. The molecule has 0 aromatic heterocycles. The summed E-state index contributed by atoms with van der Waals surface area (Å²) >= 11 is 0. The van der Waals surface area contributed by atoms with Crippen LogP contribution in [0.25, 0.3) is 0 Å². The van der Waals surface area contributed by atoms with E-state index < -0.39 is 21.5 Å². The van der Waals surface area contributed by atoms with Crippen LogP contribution in [0.5, 0.6) is 0 Å². The van der Waals surface area contributed by atoms with E-state index in [4.69, 9.17) is 13.7 Å². The summed E-state index contributed by atoms with van der Waals surface area (Å²) in [4.78, 5) is 0. The molecule has 4 aromatic carbocycles. The quantitative estimate of drug-likeness (QED) is 0.145. The van der Waals surface area contributed by atoms with E-state index in [1.807, 2.05) is 121 Å². The average Bonchev–Trinajstić information content (AvgIpc) is 2.88. The minimum Gasteiger partial charge on any atom is -0.371 e. The van der Waals surface area contributed by atoms with Crippen LogP contribution in [0.15, 0.2) is 121 Å². The molecule has 0 spiro atoms. The molecule has 0 fully saturated rings. The lowest BCUT2D eigenvalue weighted by Gasteiger charge is -2.42. The highest BCUT2D eigenvalue weighted by atomic mass is 32.2. The van der Waals surface area contributed by atoms with Gasteiger partial charge >= 0.3 is 0 Å². The first-order valence-corrected chi connectivity index (χ1v) is 13.5. The van der Waals surface area contributed by atoms with Crippen LogP contribution in [-0.2, 0) is 36.0 Å². The van der Waals surface area contributed by atoms with Crippen molar-refractivity contribution in [3.05, 3.63) is 144 Å². The zero-order chi connectivity index (χ0) is 25.5. The molecule has 0 aliphatic heterocycles. The maximum absolute atomic E-state index is 12.4. The fraction of sp³-hybridized carbons (Fsp3) is 0.200. The molecule has 4 aromatic rings. The van der Waals surface area contributed by atoms with E-state index in [0.717, 1.165) is 28.5 Å². The number of ether oxygens (including phenoxy) is 2. The third-order valence-electron chi connectivity index (χ3n) is 5.71.